The van der Waals surface area contributed by atoms with Gasteiger partial charge >= 0.3 is 0 Å². The number of para-hydroxylation sites is 2. The van der Waals surface area contributed by atoms with Crippen LogP contribution in [0.15, 0.2) is 84.0 Å². The van der Waals surface area contributed by atoms with Crippen molar-refractivity contribution < 1.29 is 14.3 Å². The maximum atomic E-state index is 13.5. The van der Waals surface area contributed by atoms with Gasteiger partial charge in [-0.05, 0) is 48.4 Å². The first-order valence-electron chi connectivity index (χ1n) is 11.2. The van der Waals surface area contributed by atoms with Crippen molar-refractivity contribution in [3.8, 4) is 11.5 Å². The molecule has 3 aromatic carbocycles. The Morgan fingerprint density at radius 1 is 1.00 bits per heavy atom. The normalized spacial score (nSPS) is 16.6. The number of thioether (sulfide) groups is 1. The predicted octanol–water partition coefficient (Wildman–Crippen LogP) is 4.57. The number of fused-ring (bicyclic) bond motifs is 1. The van der Waals surface area contributed by atoms with Crippen molar-refractivity contribution in [2.45, 2.75) is 30.0 Å². The summed E-state index contributed by atoms with van der Waals surface area (Å²) >= 11 is 1.37. The molecule has 1 aliphatic heterocycles. The number of aromatic nitrogens is 3. The third-order valence-electron chi connectivity index (χ3n) is 5.75. The maximum absolute atomic E-state index is 13.5. The van der Waals surface area contributed by atoms with E-state index in [1.54, 1.807) is 11.8 Å². The SMILES string of the molecule is COc1ccc([C@@H]2Nn3c(COc4ccccc4)nnc3S[C@@H]2C(=O)Nc2ccccc2C)cc1. The molecule has 2 heterocycles. The smallest absolute Gasteiger partial charge is 0.240 e. The highest BCUT2D eigenvalue weighted by Gasteiger charge is 2.38. The van der Waals surface area contributed by atoms with Gasteiger partial charge in [0.25, 0.3) is 0 Å². The second kappa shape index (κ2) is 10.1. The molecule has 0 saturated carbocycles. The fourth-order valence-electron chi connectivity index (χ4n) is 3.84. The zero-order chi connectivity index (χ0) is 24.2. The lowest BCUT2D eigenvalue weighted by atomic mass is 10.0. The van der Waals surface area contributed by atoms with Crippen molar-refractivity contribution in [1.29, 1.82) is 0 Å². The second-order valence-electron chi connectivity index (χ2n) is 8.06. The number of methoxy groups -OCH3 is 1. The third kappa shape index (κ3) is 4.95. The minimum absolute atomic E-state index is 0.117. The topological polar surface area (TPSA) is 90.3 Å². The molecule has 0 aliphatic carbocycles. The quantitative estimate of drug-likeness (QED) is 0.395. The highest BCUT2D eigenvalue weighted by molar-refractivity contribution is 8.00. The van der Waals surface area contributed by atoms with Crippen molar-refractivity contribution in [2.24, 2.45) is 0 Å². The van der Waals surface area contributed by atoms with Gasteiger partial charge in [0.1, 0.15) is 23.4 Å². The van der Waals surface area contributed by atoms with Gasteiger partial charge in [0.15, 0.2) is 5.82 Å². The molecule has 2 N–H and O–H groups in total. The van der Waals surface area contributed by atoms with Crippen LogP contribution in [0.4, 0.5) is 5.69 Å². The Morgan fingerprint density at radius 3 is 2.49 bits per heavy atom. The number of aryl methyl sites for hydroxylation is 1. The Labute approximate surface area is 207 Å². The summed E-state index contributed by atoms with van der Waals surface area (Å²) in [7, 11) is 1.63. The molecule has 1 aromatic heterocycles. The molecule has 9 heteroatoms. The van der Waals surface area contributed by atoms with Gasteiger partial charge in [-0.2, -0.15) is 0 Å². The van der Waals surface area contributed by atoms with Gasteiger partial charge in [-0.25, -0.2) is 4.68 Å². The van der Waals surface area contributed by atoms with Gasteiger partial charge in [0.05, 0.1) is 13.2 Å². The first-order valence-corrected chi connectivity index (χ1v) is 12.1. The lowest BCUT2D eigenvalue weighted by molar-refractivity contribution is -0.116. The summed E-state index contributed by atoms with van der Waals surface area (Å²) in [5, 5.41) is 11.8. The minimum Gasteiger partial charge on any atom is -0.497 e. The molecule has 8 nitrogen and oxygen atoms in total. The molecule has 35 heavy (non-hydrogen) atoms. The lowest BCUT2D eigenvalue weighted by Gasteiger charge is -2.33. The zero-order valence-corrected chi connectivity index (χ0v) is 20.2. The van der Waals surface area contributed by atoms with E-state index in [1.807, 2.05) is 85.8 Å². The van der Waals surface area contributed by atoms with Crippen molar-refractivity contribution >= 4 is 23.4 Å². The molecule has 0 saturated heterocycles. The number of hydrogen-bond donors (Lipinski definition) is 2. The summed E-state index contributed by atoms with van der Waals surface area (Å²) in [5.41, 5.74) is 6.19. The molecule has 4 aromatic rings. The highest BCUT2D eigenvalue weighted by atomic mass is 32.2. The van der Waals surface area contributed by atoms with E-state index in [2.05, 4.69) is 20.9 Å². The summed E-state index contributed by atoms with van der Waals surface area (Å²) in [4.78, 5) is 13.5. The van der Waals surface area contributed by atoms with E-state index in [0.717, 1.165) is 28.3 Å². The molecule has 5 rings (SSSR count). The number of ether oxygens (including phenoxy) is 2. The number of hydrogen-bond acceptors (Lipinski definition) is 7. The first kappa shape index (κ1) is 22.8. The van der Waals surface area contributed by atoms with Crippen LogP contribution in [-0.4, -0.2) is 33.1 Å². The summed E-state index contributed by atoms with van der Waals surface area (Å²) in [6.45, 7) is 2.21. The van der Waals surface area contributed by atoms with Crippen LogP contribution in [0, 0.1) is 6.92 Å². The molecule has 1 amide bonds. The first-order chi connectivity index (χ1) is 17.1. The third-order valence-corrected chi connectivity index (χ3v) is 6.97. The van der Waals surface area contributed by atoms with Crippen LogP contribution in [0.5, 0.6) is 11.5 Å². The van der Waals surface area contributed by atoms with Crippen LogP contribution in [0.1, 0.15) is 23.0 Å². The van der Waals surface area contributed by atoms with Gasteiger partial charge in [-0.1, -0.05) is 60.3 Å². The number of rotatable bonds is 7. The molecule has 178 valence electrons. The van der Waals surface area contributed by atoms with E-state index in [1.165, 1.54) is 11.8 Å². The molecule has 0 bridgehead atoms. The molecular weight excluding hydrogens is 462 g/mol. The van der Waals surface area contributed by atoms with Crippen LogP contribution in [0.2, 0.25) is 0 Å². The number of amides is 1. The van der Waals surface area contributed by atoms with Crippen LogP contribution in [-0.2, 0) is 11.4 Å². The Balaban J connectivity index is 1.43. The molecule has 0 radical (unpaired) electrons. The van der Waals surface area contributed by atoms with E-state index in [9.17, 15) is 4.79 Å². The van der Waals surface area contributed by atoms with Gasteiger partial charge in [-0.3, -0.25) is 4.79 Å². The van der Waals surface area contributed by atoms with Crippen molar-refractivity contribution in [2.75, 3.05) is 17.9 Å². The standard InChI is InChI=1S/C26H25N5O3S/c1-17-8-6-7-11-21(17)27-25(32)24-23(18-12-14-19(33-2)15-13-18)30-31-22(28-29-26(31)35-24)16-34-20-9-4-3-5-10-20/h3-15,23-24,30H,16H2,1-2H3,(H,27,32)/t23-,24-/m0/s1. The van der Waals surface area contributed by atoms with Crippen LogP contribution < -0.4 is 20.2 Å². The van der Waals surface area contributed by atoms with Crippen molar-refractivity contribution in [3.63, 3.8) is 0 Å². The molecule has 0 unspecified atom stereocenters. The molecule has 0 fully saturated rings. The Kier molecular flexibility index (Phi) is 6.58. The van der Waals surface area contributed by atoms with Gasteiger partial charge in [0, 0.05) is 5.69 Å². The summed E-state index contributed by atoms with van der Waals surface area (Å²) < 4.78 is 13.0. The fourth-order valence-corrected chi connectivity index (χ4v) is 4.93. The number of carbonyl (C=O) groups is 1. The molecular formula is C26H25N5O3S. The molecule has 0 spiro atoms. The number of benzene rings is 3. The maximum Gasteiger partial charge on any atom is 0.240 e. The summed E-state index contributed by atoms with van der Waals surface area (Å²) in [5.74, 6) is 2.00. The number of nitrogens with one attached hydrogen (secondary N) is 2. The Bertz CT molecular complexity index is 1310. The average Bonchev–Trinajstić information content (AvgIpc) is 3.30. The molecule has 1 aliphatic rings. The van der Waals surface area contributed by atoms with Crippen molar-refractivity contribution in [1.82, 2.24) is 14.9 Å². The fraction of sp³-hybridized carbons (Fsp3) is 0.192. The Morgan fingerprint density at radius 2 is 1.74 bits per heavy atom. The van der Waals surface area contributed by atoms with E-state index in [-0.39, 0.29) is 18.6 Å². The lowest BCUT2D eigenvalue weighted by Crippen LogP contribution is -2.41. The molecule has 2 atom stereocenters. The highest BCUT2D eigenvalue weighted by Crippen LogP contribution is 2.38. The number of anilines is 1. The second-order valence-corrected chi connectivity index (χ2v) is 9.17. The van der Waals surface area contributed by atoms with Gasteiger partial charge < -0.3 is 20.2 Å². The Hall–Kier alpha value is -3.98. The van der Waals surface area contributed by atoms with Crippen LogP contribution >= 0.6 is 11.8 Å². The van der Waals surface area contributed by atoms with E-state index in [0.29, 0.717) is 11.0 Å². The van der Waals surface area contributed by atoms with E-state index >= 15 is 0 Å². The number of nitrogens with zero attached hydrogens (tertiary/aromatic N) is 3. The summed E-state index contributed by atoms with van der Waals surface area (Å²) in [6.07, 6.45) is 0. The minimum atomic E-state index is -0.484. The van der Waals surface area contributed by atoms with E-state index in [4.69, 9.17) is 9.47 Å². The zero-order valence-electron chi connectivity index (χ0n) is 19.3. The van der Waals surface area contributed by atoms with Crippen LogP contribution in [0.3, 0.4) is 0 Å². The van der Waals surface area contributed by atoms with Crippen LogP contribution in [0.25, 0.3) is 0 Å². The monoisotopic (exact) mass is 487 g/mol. The van der Waals surface area contributed by atoms with Crippen molar-refractivity contribution in [3.05, 3.63) is 95.8 Å². The average molecular weight is 488 g/mol. The number of carbonyl (C=O) groups excluding carboxylic acids is 1. The summed E-state index contributed by atoms with van der Waals surface area (Å²) in [6, 6.07) is 24.6. The predicted molar refractivity (Wildman–Crippen MR) is 135 cm³/mol. The van der Waals surface area contributed by atoms with Gasteiger partial charge in [0.2, 0.25) is 11.1 Å². The van der Waals surface area contributed by atoms with Gasteiger partial charge in [-0.15, -0.1) is 10.2 Å². The van der Waals surface area contributed by atoms with E-state index < -0.39 is 5.25 Å². The largest absolute Gasteiger partial charge is 0.497 e.